The molecule has 0 aliphatic carbocycles. The molecule has 2 atom stereocenters. The van der Waals surface area contributed by atoms with Crippen LogP contribution < -0.4 is 5.32 Å². The molecule has 0 bridgehead atoms. The van der Waals surface area contributed by atoms with Gasteiger partial charge in [-0.25, -0.2) is 4.79 Å². The van der Waals surface area contributed by atoms with Crippen LogP contribution >= 0.6 is 11.6 Å². The minimum atomic E-state index is -1.32. The lowest BCUT2D eigenvalue weighted by molar-refractivity contribution is -0.144. The predicted molar refractivity (Wildman–Crippen MR) is 66.4 cm³/mol. The van der Waals surface area contributed by atoms with E-state index in [0.717, 1.165) is 0 Å². The van der Waals surface area contributed by atoms with Gasteiger partial charge in [0.15, 0.2) is 6.04 Å². The lowest BCUT2D eigenvalue weighted by Crippen LogP contribution is -2.48. The highest BCUT2D eigenvalue weighted by molar-refractivity contribution is 6.31. The summed E-state index contributed by atoms with van der Waals surface area (Å²) in [4.78, 5) is 22.4. The Morgan fingerprint density at radius 3 is 2.50 bits per heavy atom. The van der Waals surface area contributed by atoms with E-state index in [9.17, 15) is 14.7 Å². The molecule has 0 aliphatic rings. The van der Waals surface area contributed by atoms with Gasteiger partial charge in [0.05, 0.1) is 12.5 Å². The van der Waals surface area contributed by atoms with E-state index < -0.39 is 24.0 Å². The number of hydrogen-bond donors (Lipinski definition) is 3. The molecular weight excluding hydrogens is 258 g/mol. The number of halogens is 1. The van der Waals surface area contributed by atoms with Crippen LogP contribution in [0.4, 0.5) is 0 Å². The van der Waals surface area contributed by atoms with Gasteiger partial charge >= 0.3 is 5.97 Å². The average Bonchev–Trinajstić information content (AvgIpc) is 2.28. The van der Waals surface area contributed by atoms with Crippen LogP contribution in [0.15, 0.2) is 24.3 Å². The normalized spacial score (nSPS) is 13.7. The van der Waals surface area contributed by atoms with Crippen LogP contribution in [-0.2, 0) is 16.0 Å². The molecule has 0 saturated heterocycles. The fourth-order valence-corrected chi connectivity index (χ4v) is 1.63. The van der Waals surface area contributed by atoms with Gasteiger partial charge in [0.25, 0.3) is 0 Å². The van der Waals surface area contributed by atoms with Gasteiger partial charge < -0.3 is 15.5 Å². The standard InChI is InChI=1S/C12H14ClNO4/c1-7(15)11(12(17)18)14-10(16)6-8-4-2-3-5-9(8)13/h2-5,7,11,15H,6H2,1H3,(H,14,16)(H,17,18)/t7-,11+/m1/s1. The van der Waals surface area contributed by atoms with Crippen molar-refractivity contribution < 1.29 is 19.8 Å². The van der Waals surface area contributed by atoms with E-state index in [0.29, 0.717) is 10.6 Å². The molecule has 0 radical (unpaired) electrons. The topological polar surface area (TPSA) is 86.6 Å². The van der Waals surface area contributed by atoms with Crippen molar-refractivity contribution >= 4 is 23.5 Å². The number of carboxylic acids is 1. The molecule has 6 heteroatoms. The molecule has 18 heavy (non-hydrogen) atoms. The van der Waals surface area contributed by atoms with Crippen LogP contribution in [-0.4, -0.2) is 34.2 Å². The van der Waals surface area contributed by atoms with Crippen molar-refractivity contribution in [2.45, 2.75) is 25.5 Å². The smallest absolute Gasteiger partial charge is 0.328 e. The van der Waals surface area contributed by atoms with Crippen molar-refractivity contribution in [2.24, 2.45) is 0 Å². The van der Waals surface area contributed by atoms with E-state index in [4.69, 9.17) is 16.7 Å². The Balaban J connectivity index is 2.67. The molecule has 1 aromatic carbocycles. The molecule has 0 fully saturated rings. The second-order valence-electron chi connectivity index (χ2n) is 3.89. The van der Waals surface area contributed by atoms with Crippen LogP contribution in [0, 0.1) is 0 Å². The molecule has 3 N–H and O–H groups in total. The van der Waals surface area contributed by atoms with Crippen LogP contribution in [0.1, 0.15) is 12.5 Å². The molecule has 1 amide bonds. The van der Waals surface area contributed by atoms with Crippen molar-refractivity contribution in [3.63, 3.8) is 0 Å². The minimum Gasteiger partial charge on any atom is -0.480 e. The Labute approximate surface area is 109 Å². The zero-order chi connectivity index (χ0) is 13.7. The SMILES string of the molecule is C[C@@H](O)[C@H](NC(=O)Cc1ccccc1Cl)C(=O)O. The maximum Gasteiger partial charge on any atom is 0.328 e. The quantitative estimate of drug-likeness (QED) is 0.740. The van der Waals surface area contributed by atoms with Gasteiger partial charge in [-0.05, 0) is 18.6 Å². The van der Waals surface area contributed by atoms with Gasteiger partial charge in [-0.2, -0.15) is 0 Å². The first kappa shape index (κ1) is 14.5. The third-order valence-corrected chi connectivity index (χ3v) is 2.74. The number of carbonyl (C=O) groups excluding carboxylic acids is 1. The number of aliphatic hydroxyl groups excluding tert-OH is 1. The Bertz CT molecular complexity index is 447. The minimum absolute atomic E-state index is 0.0316. The van der Waals surface area contributed by atoms with E-state index in [1.54, 1.807) is 24.3 Å². The zero-order valence-electron chi connectivity index (χ0n) is 9.76. The summed E-state index contributed by atoms with van der Waals surface area (Å²) in [5, 5.41) is 20.7. The molecule has 5 nitrogen and oxygen atoms in total. The molecular formula is C12H14ClNO4. The maximum absolute atomic E-state index is 11.6. The van der Waals surface area contributed by atoms with Crippen molar-refractivity contribution in [1.29, 1.82) is 0 Å². The molecule has 0 unspecified atom stereocenters. The molecule has 1 aromatic rings. The Morgan fingerprint density at radius 2 is 2.00 bits per heavy atom. The highest BCUT2D eigenvalue weighted by atomic mass is 35.5. The molecule has 0 heterocycles. The fraction of sp³-hybridized carbons (Fsp3) is 0.333. The summed E-state index contributed by atoms with van der Waals surface area (Å²) in [5.74, 6) is -1.78. The second-order valence-corrected chi connectivity index (χ2v) is 4.30. The second kappa shape index (κ2) is 6.37. The highest BCUT2D eigenvalue weighted by Crippen LogP contribution is 2.15. The Kier molecular flexibility index (Phi) is 5.12. The van der Waals surface area contributed by atoms with Crippen molar-refractivity contribution in [3.8, 4) is 0 Å². The van der Waals surface area contributed by atoms with Crippen LogP contribution in [0.25, 0.3) is 0 Å². The summed E-state index contributed by atoms with van der Waals surface area (Å²) in [5.41, 5.74) is 0.603. The summed E-state index contributed by atoms with van der Waals surface area (Å²) >= 11 is 5.88. The van der Waals surface area contributed by atoms with E-state index in [2.05, 4.69) is 5.32 Å². The van der Waals surface area contributed by atoms with Gasteiger partial charge in [-0.3, -0.25) is 4.79 Å². The first-order chi connectivity index (χ1) is 8.41. The Hall–Kier alpha value is -1.59. The number of hydrogen-bond acceptors (Lipinski definition) is 3. The Morgan fingerprint density at radius 1 is 1.39 bits per heavy atom. The lowest BCUT2D eigenvalue weighted by Gasteiger charge is -2.17. The largest absolute Gasteiger partial charge is 0.480 e. The number of aliphatic hydroxyl groups is 1. The van der Waals surface area contributed by atoms with Gasteiger partial charge in [0.1, 0.15) is 0 Å². The van der Waals surface area contributed by atoms with E-state index in [1.165, 1.54) is 6.92 Å². The molecule has 0 aliphatic heterocycles. The molecule has 1 rings (SSSR count). The van der Waals surface area contributed by atoms with Crippen molar-refractivity contribution in [2.75, 3.05) is 0 Å². The molecule has 0 saturated carbocycles. The van der Waals surface area contributed by atoms with Crippen LogP contribution in [0.3, 0.4) is 0 Å². The third kappa shape index (κ3) is 4.01. The maximum atomic E-state index is 11.6. The van der Waals surface area contributed by atoms with E-state index in [1.807, 2.05) is 0 Å². The summed E-state index contributed by atoms with van der Waals surface area (Å²) in [7, 11) is 0. The van der Waals surface area contributed by atoms with Crippen molar-refractivity contribution in [3.05, 3.63) is 34.9 Å². The summed E-state index contributed by atoms with van der Waals surface area (Å²) in [6, 6.07) is 5.48. The third-order valence-electron chi connectivity index (χ3n) is 2.37. The predicted octanol–water partition coefficient (Wildman–Crippen LogP) is 0.833. The summed E-state index contributed by atoms with van der Waals surface area (Å²) in [6.07, 6.45) is -1.20. The van der Waals surface area contributed by atoms with Gasteiger partial charge in [0.2, 0.25) is 5.91 Å². The molecule has 0 aromatic heterocycles. The summed E-state index contributed by atoms with van der Waals surface area (Å²) in [6.45, 7) is 1.30. The van der Waals surface area contributed by atoms with Gasteiger partial charge in [0, 0.05) is 5.02 Å². The number of benzene rings is 1. The molecule has 98 valence electrons. The lowest BCUT2D eigenvalue weighted by atomic mass is 10.1. The monoisotopic (exact) mass is 271 g/mol. The first-order valence-corrected chi connectivity index (χ1v) is 5.73. The van der Waals surface area contributed by atoms with Gasteiger partial charge in [-0.1, -0.05) is 29.8 Å². The number of aliphatic carboxylic acids is 1. The fourth-order valence-electron chi connectivity index (χ4n) is 1.43. The first-order valence-electron chi connectivity index (χ1n) is 5.35. The number of amides is 1. The van der Waals surface area contributed by atoms with Crippen LogP contribution in [0.2, 0.25) is 5.02 Å². The highest BCUT2D eigenvalue weighted by Gasteiger charge is 2.24. The number of carbonyl (C=O) groups is 2. The number of carboxylic acid groups (broad SMARTS) is 1. The van der Waals surface area contributed by atoms with E-state index >= 15 is 0 Å². The van der Waals surface area contributed by atoms with Gasteiger partial charge in [-0.15, -0.1) is 0 Å². The van der Waals surface area contributed by atoms with E-state index in [-0.39, 0.29) is 6.42 Å². The average molecular weight is 272 g/mol. The zero-order valence-corrected chi connectivity index (χ0v) is 10.5. The molecule has 0 spiro atoms. The summed E-state index contributed by atoms with van der Waals surface area (Å²) < 4.78 is 0. The number of nitrogens with one attached hydrogen (secondary N) is 1. The van der Waals surface area contributed by atoms with Crippen molar-refractivity contribution in [1.82, 2.24) is 5.32 Å². The number of rotatable bonds is 5. The van der Waals surface area contributed by atoms with Crippen LogP contribution in [0.5, 0.6) is 0 Å².